The number of ether oxygens (including phenoxy) is 1. The summed E-state index contributed by atoms with van der Waals surface area (Å²) in [5.74, 6) is -0.917. The highest BCUT2D eigenvalue weighted by molar-refractivity contribution is 7.89. The van der Waals surface area contributed by atoms with Gasteiger partial charge in [0, 0.05) is 16.6 Å². The number of nitrogens with zero attached hydrogens (tertiary/aromatic N) is 2. The largest absolute Gasteiger partial charge is 0.466 e. The maximum absolute atomic E-state index is 13.0. The van der Waals surface area contributed by atoms with E-state index in [0.717, 1.165) is 21.4 Å². The monoisotopic (exact) mass is 523 g/mol. The molecule has 33 heavy (non-hydrogen) atoms. The zero-order valence-corrected chi connectivity index (χ0v) is 20.5. The number of rotatable bonds is 6. The molecule has 0 fully saturated rings. The van der Waals surface area contributed by atoms with Crippen molar-refractivity contribution in [3.8, 4) is 0 Å². The van der Waals surface area contributed by atoms with E-state index >= 15 is 0 Å². The summed E-state index contributed by atoms with van der Waals surface area (Å²) < 4.78 is 31.6. The minimum absolute atomic E-state index is 0.0563. The van der Waals surface area contributed by atoms with Crippen molar-refractivity contribution in [2.45, 2.75) is 24.8 Å². The number of nitrogens with two attached hydrogens (primary N) is 1. The number of aryl methyl sites for hydroxylation is 1. The number of primary sulfonamides is 1. The number of benzene rings is 2. The van der Waals surface area contributed by atoms with Crippen LogP contribution in [0.25, 0.3) is 20.3 Å². The van der Waals surface area contributed by atoms with Gasteiger partial charge in [0.05, 0.1) is 33.2 Å². The molecule has 0 atom stereocenters. The van der Waals surface area contributed by atoms with Crippen LogP contribution >= 0.6 is 34.3 Å². The number of fused-ring (bicyclic) bond motifs is 2. The molecule has 0 saturated heterocycles. The lowest BCUT2D eigenvalue weighted by Gasteiger charge is -2.06. The van der Waals surface area contributed by atoms with Gasteiger partial charge in [-0.3, -0.25) is 9.59 Å². The molecule has 0 unspecified atom stereocenters. The van der Waals surface area contributed by atoms with Crippen LogP contribution in [-0.2, 0) is 26.1 Å². The Balaban J connectivity index is 1.83. The number of thiazole rings is 1. The summed E-state index contributed by atoms with van der Waals surface area (Å²) >= 11 is 8.79. The Morgan fingerprint density at radius 1 is 1.15 bits per heavy atom. The van der Waals surface area contributed by atoms with Crippen molar-refractivity contribution in [3.63, 3.8) is 0 Å². The minimum Gasteiger partial charge on any atom is -0.466 e. The molecule has 0 spiro atoms. The molecule has 2 aromatic carbocycles. The van der Waals surface area contributed by atoms with Gasteiger partial charge in [-0.15, -0.1) is 11.3 Å². The van der Waals surface area contributed by atoms with E-state index in [1.54, 1.807) is 17.6 Å². The molecule has 2 aromatic heterocycles. The van der Waals surface area contributed by atoms with Crippen molar-refractivity contribution < 1.29 is 22.7 Å². The molecule has 0 aliphatic rings. The second-order valence-corrected chi connectivity index (χ2v) is 10.9. The highest BCUT2D eigenvalue weighted by Gasteiger charge is 2.18. The number of halogens is 1. The fraction of sp³-hybridized carbons (Fsp3) is 0.190. The Morgan fingerprint density at radius 2 is 1.91 bits per heavy atom. The second kappa shape index (κ2) is 9.35. The zero-order valence-electron chi connectivity index (χ0n) is 17.3. The van der Waals surface area contributed by atoms with E-state index in [4.69, 9.17) is 21.5 Å². The molecule has 0 radical (unpaired) electrons. The van der Waals surface area contributed by atoms with Gasteiger partial charge in [-0.25, -0.2) is 13.6 Å². The van der Waals surface area contributed by atoms with E-state index in [1.807, 2.05) is 24.3 Å². The summed E-state index contributed by atoms with van der Waals surface area (Å²) in [6.45, 7) is 2.17. The van der Waals surface area contributed by atoms with E-state index in [-0.39, 0.29) is 24.5 Å². The second-order valence-electron chi connectivity index (χ2n) is 6.92. The third-order valence-corrected chi connectivity index (χ3v) is 8.37. The van der Waals surface area contributed by atoms with Crippen molar-refractivity contribution in [1.29, 1.82) is 0 Å². The number of hydrogen-bond acceptors (Lipinski definition) is 7. The first-order chi connectivity index (χ1) is 15.7. The van der Waals surface area contributed by atoms with E-state index < -0.39 is 21.9 Å². The summed E-state index contributed by atoms with van der Waals surface area (Å²) in [6, 6.07) is 11.8. The maximum atomic E-state index is 13.0. The zero-order chi connectivity index (χ0) is 23.8. The molecular weight excluding hydrogens is 506 g/mol. The van der Waals surface area contributed by atoms with Crippen LogP contribution in [0.5, 0.6) is 0 Å². The number of esters is 1. The van der Waals surface area contributed by atoms with E-state index in [2.05, 4.69) is 4.99 Å². The summed E-state index contributed by atoms with van der Waals surface area (Å²) in [7, 11) is -3.91. The summed E-state index contributed by atoms with van der Waals surface area (Å²) in [6.07, 6.45) is 0.0572. The average Bonchev–Trinajstić information content (AvgIpc) is 3.28. The number of carbonyl (C=O) groups is 2. The molecule has 2 N–H and O–H groups in total. The van der Waals surface area contributed by atoms with Gasteiger partial charge in [0.2, 0.25) is 10.0 Å². The first-order valence-corrected chi connectivity index (χ1v) is 13.3. The fourth-order valence-electron chi connectivity index (χ4n) is 3.26. The smallest absolute Gasteiger partial charge is 0.307 e. The first-order valence-electron chi connectivity index (χ1n) is 9.77. The lowest BCUT2D eigenvalue weighted by atomic mass is 10.2. The Bertz CT molecular complexity index is 1570. The van der Waals surface area contributed by atoms with Crippen LogP contribution in [-0.4, -0.2) is 31.5 Å². The number of carbonyl (C=O) groups excluding carboxylic acids is 2. The van der Waals surface area contributed by atoms with Gasteiger partial charge in [0.15, 0.2) is 4.80 Å². The number of sulfonamides is 1. The molecule has 2 heterocycles. The molecule has 172 valence electrons. The van der Waals surface area contributed by atoms with E-state index in [0.29, 0.717) is 24.9 Å². The van der Waals surface area contributed by atoms with Gasteiger partial charge < -0.3 is 9.30 Å². The van der Waals surface area contributed by atoms with Crippen LogP contribution in [0.4, 0.5) is 0 Å². The van der Waals surface area contributed by atoms with Crippen molar-refractivity contribution in [3.05, 3.63) is 57.2 Å². The normalized spacial score (nSPS) is 12.5. The molecule has 0 saturated carbocycles. The van der Waals surface area contributed by atoms with Crippen LogP contribution in [0.1, 0.15) is 23.0 Å². The van der Waals surface area contributed by atoms with Crippen LogP contribution in [0.2, 0.25) is 5.02 Å². The third kappa shape index (κ3) is 4.87. The topological polar surface area (TPSA) is 121 Å². The minimum atomic E-state index is -3.91. The molecule has 0 aliphatic carbocycles. The van der Waals surface area contributed by atoms with Gasteiger partial charge in [0.25, 0.3) is 5.91 Å². The van der Waals surface area contributed by atoms with Gasteiger partial charge >= 0.3 is 5.97 Å². The highest BCUT2D eigenvalue weighted by atomic mass is 35.5. The maximum Gasteiger partial charge on any atom is 0.307 e. The molecule has 12 heteroatoms. The molecule has 8 nitrogen and oxygen atoms in total. The first kappa shape index (κ1) is 23.6. The van der Waals surface area contributed by atoms with Crippen molar-refractivity contribution >= 4 is 76.5 Å². The van der Waals surface area contributed by atoms with Crippen LogP contribution < -0.4 is 9.94 Å². The number of hydrogen-bond donors (Lipinski definition) is 1. The predicted molar refractivity (Wildman–Crippen MR) is 129 cm³/mol. The van der Waals surface area contributed by atoms with Crippen molar-refractivity contribution in [2.75, 3.05) is 6.61 Å². The SMILES string of the molecule is CCOC(=O)CCn1c(=NC(=O)c2sc3ccccc3c2Cl)sc2cc(S(N)(=O)=O)ccc21. The molecule has 1 amide bonds. The quantitative estimate of drug-likeness (QED) is 0.384. The summed E-state index contributed by atoms with van der Waals surface area (Å²) in [5.41, 5.74) is 0.616. The molecular formula is C21H18ClN3O5S3. The Kier molecular flexibility index (Phi) is 6.68. The van der Waals surface area contributed by atoms with Gasteiger partial charge in [-0.05, 0) is 31.2 Å². The summed E-state index contributed by atoms with van der Waals surface area (Å²) in [5, 5.41) is 6.36. The average molecular weight is 524 g/mol. The van der Waals surface area contributed by atoms with Gasteiger partial charge in [-0.2, -0.15) is 4.99 Å². The standard InChI is InChI=1S/C21H18ClN3O5S3/c1-2-30-17(26)9-10-25-14-8-7-12(33(23,28)29)11-16(14)32-21(25)24-20(27)19-18(22)13-5-3-4-6-15(13)31-19/h3-8,11H,2,9-10H2,1H3,(H2,23,28,29). The van der Waals surface area contributed by atoms with E-state index in [1.165, 1.54) is 23.5 Å². The fourth-order valence-corrected chi connectivity index (χ4v) is 6.36. The van der Waals surface area contributed by atoms with Crippen molar-refractivity contribution in [1.82, 2.24) is 4.57 Å². The molecule has 4 rings (SSSR count). The number of thiophene rings is 1. The Hall–Kier alpha value is -2.57. The number of aromatic nitrogens is 1. The van der Waals surface area contributed by atoms with Gasteiger partial charge in [-0.1, -0.05) is 41.1 Å². The van der Waals surface area contributed by atoms with E-state index in [9.17, 15) is 18.0 Å². The van der Waals surface area contributed by atoms with Crippen LogP contribution in [0, 0.1) is 0 Å². The third-order valence-electron chi connectivity index (χ3n) is 4.75. The Labute approximate surface area is 201 Å². The van der Waals surface area contributed by atoms with Crippen LogP contribution in [0.15, 0.2) is 52.4 Å². The predicted octanol–water partition coefficient (Wildman–Crippen LogP) is 3.91. The van der Waals surface area contributed by atoms with Gasteiger partial charge in [0.1, 0.15) is 4.88 Å². The molecule has 0 aliphatic heterocycles. The highest BCUT2D eigenvalue weighted by Crippen LogP contribution is 2.35. The lowest BCUT2D eigenvalue weighted by Crippen LogP contribution is -2.19. The Morgan fingerprint density at radius 3 is 2.61 bits per heavy atom. The molecule has 4 aromatic rings. The lowest BCUT2D eigenvalue weighted by molar-refractivity contribution is -0.143. The van der Waals surface area contributed by atoms with Crippen molar-refractivity contribution in [2.24, 2.45) is 10.1 Å². The summed E-state index contributed by atoms with van der Waals surface area (Å²) in [4.78, 5) is 29.8. The number of amides is 1. The van der Waals surface area contributed by atoms with Crippen LogP contribution in [0.3, 0.4) is 0 Å². The molecule has 0 bridgehead atoms.